The van der Waals surface area contributed by atoms with E-state index in [1.54, 1.807) is 36.1 Å². The number of urea groups is 1. The molecular weight excluding hydrogens is 392 g/mol. The van der Waals surface area contributed by atoms with E-state index in [4.69, 9.17) is 0 Å². The molecule has 3 heterocycles. The number of H-pyrrole nitrogens is 1. The van der Waals surface area contributed by atoms with Gasteiger partial charge in [0, 0.05) is 24.0 Å². The smallest absolute Gasteiger partial charge is 0.332 e. The van der Waals surface area contributed by atoms with Crippen molar-refractivity contribution < 1.29 is 14.4 Å². The second kappa shape index (κ2) is 6.97. The maximum Gasteiger partial charge on any atom is 0.332 e. The number of carbonyl (C=O) groups excluding carboxylic acids is 3. The van der Waals surface area contributed by atoms with Gasteiger partial charge in [-0.3, -0.25) is 9.59 Å². The molecule has 158 valence electrons. The summed E-state index contributed by atoms with van der Waals surface area (Å²) >= 11 is 0. The molecule has 7 heteroatoms. The Labute approximate surface area is 180 Å². The van der Waals surface area contributed by atoms with E-state index in [2.05, 4.69) is 10.3 Å². The third kappa shape index (κ3) is 2.62. The molecule has 0 aliphatic carbocycles. The van der Waals surface area contributed by atoms with E-state index in [9.17, 15) is 14.4 Å². The number of nitrogens with one attached hydrogen (secondary N) is 2. The zero-order valence-electron chi connectivity index (χ0n) is 17.6. The lowest BCUT2D eigenvalue weighted by Crippen LogP contribution is -2.49. The first-order chi connectivity index (χ1) is 15.0. The second-order valence-corrected chi connectivity index (χ2v) is 8.19. The van der Waals surface area contributed by atoms with Gasteiger partial charge >= 0.3 is 6.03 Å². The molecule has 2 N–H and O–H groups in total. The van der Waals surface area contributed by atoms with E-state index in [1.807, 2.05) is 31.2 Å². The van der Waals surface area contributed by atoms with Crippen LogP contribution in [0.5, 0.6) is 0 Å². The summed E-state index contributed by atoms with van der Waals surface area (Å²) in [6, 6.07) is 14.3. The van der Waals surface area contributed by atoms with Crippen LogP contribution in [-0.4, -0.2) is 40.8 Å². The standard InChI is InChI=1S/C24H24N4O3/c1-3-13-25-21(29)17-9-5-7-11-19(17)28-22(30)24(2)20-16(12-14-27(24)23(28)31)15-8-4-6-10-18(15)26-20/h4-11,26H,3,12-14H2,1-2H3,(H,25,29)/t24-/m1/s1. The van der Waals surface area contributed by atoms with Crippen molar-refractivity contribution in [3.63, 3.8) is 0 Å². The Bertz CT molecular complexity index is 1230. The monoisotopic (exact) mass is 416 g/mol. The van der Waals surface area contributed by atoms with Crippen molar-refractivity contribution in [2.45, 2.75) is 32.2 Å². The minimum Gasteiger partial charge on any atom is -0.356 e. The molecule has 1 saturated heterocycles. The number of aromatic amines is 1. The van der Waals surface area contributed by atoms with Gasteiger partial charge in [0.1, 0.15) is 0 Å². The van der Waals surface area contributed by atoms with Crippen LogP contribution in [0.25, 0.3) is 10.9 Å². The van der Waals surface area contributed by atoms with E-state index in [-0.39, 0.29) is 11.8 Å². The van der Waals surface area contributed by atoms with E-state index < -0.39 is 11.6 Å². The molecule has 0 spiro atoms. The molecule has 4 amide bonds. The number of aromatic nitrogens is 1. The van der Waals surface area contributed by atoms with Crippen molar-refractivity contribution in [3.8, 4) is 0 Å². The third-order valence-corrected chi connectivity index (χ3v) is 6.39. The molecule has 5 rings (SSSR count). The summed E-state index contributed by atoms with van der Waals surface area (Å²) in [5.74, 6) is -0.639. The van der Waals surface area contributed by atoms with E-state index >= 15 is 0 Å². The van der Waals surface area contributed by atoms with Gasteiger partial charge in [-0.15, -0.1) is 0 Å². The molecule has 2 aliphatic heterocycles. The van der Waals surface area contributed by atoms with Gasteiger partial charge in [-0.1, -0.05) is 37.3 Å². The number of anilines is 1. The van der Waals surface area contributed by atoms with Gasteiger partial charge in [-0.2, -0.15) is 0 Å². The fraction of sp³-hybridized carbons (Fsp3) is 0.292. The van der Waals surface area contributed by atoms with Gasteiger partial charge in [-0.05, 0) is 43.5 Å². The van der Waals surface area contributed by atoms with Crippen molar-refractivity contribution in [2.75, 3.05) is 18.0 Å². The number of hydrogen-bond acceptors (Lipinski definition) is 3. The van der Waals surface area contributed by atoms with Crippen LogP contribution in [0.15, 0.2) is 48.5 Å². The molecule has 0 unspecified atom stereocenters. The van der Waals surface area contributed by atoms with Crippen LogP contribution in [0.1, 0.15) is 41.9 Å². The van der Waals surface area contributed by atoms with Gasteiger partial charge in [-0.25, -0.2) is 9.69 Å². The lowest BCUT2D eigenvalue weighted by atomic mass is 9.87. The first-order valence-electron chi connectivity index (χ1n) is 10.6. The molecule has 3 aromatic rings. The number of benzene rings is 2. The number of imide groups is 1. The Kier molecular flexibility index (Phi) is 4.36. The largest absolute Gasteiger partial charge is 0.356 e. The SMILES string of the molecule is CCCNC(=O)c1ccccc1N1C(=O)N2CCc3c([nH]c4ccccc34)[C@]2(C)C1=O. The zero-order valence-corrected chi connectivity index (χ0v) is 17.6. The normalized spacial score (nSPS) is 20.2. The van der Waals surface area contributed by atoms with Crippen LogP contribution in [0, 0.1) is 0 Å². The number of para-hydroxylation sites is 2. The van der Waals surface area contributed by atoms with E-state index in [1.165, 1.54) is 4.90 Å². The fourth-order valence-electron chi connectivity index (χ4n) is 4.80. The summed E-state index contributed by atoms with van der Waals surface area (Å²) in [6.07, 6.45) is 1.46. The molecule has 0 saturated carbocycles. The minimum atomic E-state index is -1.14. The Morgan fingerprint density at radius 2 is 1.87 bits per heavy atom. The quantitative estimate of drug-likeness (QED) is 0.638. The minimum absolute atomic E-state index is 0.292. The summed E-state index contributed by atoms with van der Waals surface area (Å²) in [5, 5.41) is 3.92. The van der Waals surface area contributed by atoms with Gasteiger partial charge in [0.25, 0.3) is 11.8 Å². The number of carbonyl (C=O) groups is 3. The Morgan fingerprint density at radius 1 is 1.13 bits per heavy atom. The van der Waals surface area contributed by atoms with Crippen molar-refractivity contribution in [1.82, 2.24) is 15.2 Å². The number of rotatable bonds is 4. The average molecular weight is 416 g/mol. The maximum absolute atomic E-state index is 13.8. The summed E-state index contributed by atoms with van der Waals surface area (Å²) < 4.78 is 0. The molecule has 31 heavy (non-hydrogen) atoms. The Balaban J connectivity index is 1.62. The van der Waals surface area contributed by atoms with Crippen LogP contribution in [0.4, 0.5) is 10.5 Å². The Morgan fingerprint density at radius 3 is 2.68 bits per heavy atom. The van der Waals surface area contributed by atoms with Gasteiger partial charge < -0.3 is 15.2 Å². The van der Waals surface area contributed by atoms with Gasteiger partial charge in [0.15, 0.2) is 5.54 Å². The summed E-state index contributed by atoms with van der Waals surface area (Å²) in [5.41, 5.74) is 2.28. The van der Waals surface area contributed by atoms with Crippen LogP contribution in [0.3, 0.4) is 0 Å². The highest BCUT2D eigenvalue weighted by molar-refractivity contribution is 6.25. The molecule has 7 nitrogen and oxygen atoms in total. The Hall–Kier alpha value is -3.61. The van der Waals surface area contributed by atoms with Crippen LogP contribution in [0.2, 0.25) is 0 Å². The summed E-state index contributed by atoms with van der Waals surface area (Å²) in [6.45, 7) is 4.73. The molecule has 1 fully saturated rings. The van der Waals surface area contributed by atoms with E-state index in [0.29, 0.717) is 30.8 Å². The lowest BCUT2D eigenvalue weighted by Gasteiger charge is -2.35. The van der Waals surface area contributed by atoms with Crippen molar-refractivity contribution >= 4 is 34.4 Å². The number of fused-ring (bicyclic) bond motifs is 5. The van der Waals surface area contributed by atoms with Crippen LogP contribution >= 0.6 is 0 Å². The zero-order chi connectivity index (χ0) is 21.8. The topological polar surface area (TPSA) is 85.5 Å². The highest BCUT2D eigenvalue weighted by atomic mass is 16.2. The molecule has 2 aliphatic rings. The van der Waals surface area contributed by atoms with Crippen molar-refractivity contribution in [2.24, 2.45) is 0 Å². The fourth-order valence-corrected chi connectivity index (χ4v) is 4.80. The van der Waals surface area contributed by atoms with E-state index in [0.717, 1.165) is 28.6 Å². The van der Waals surface area contributed by atoms with Crippen LogP contribution < -0.4 is 10.2 Å². The molecule has 2 aromatic carbocycles. The van der Waals surface area contributed by atoms with Crippen LogP contribution in [-0.2, 0) is 16.8 Å². The maximum atomic E-state index is 13.8. The predicted molar refractivity (Wildman–Crippen MR) is 118 cm³/mol. The molecule has 0 radical (unpaired) electrons. The first kappa shape index (κ1) is 19.4. The third-order valence-electron chi connectivity index (χ3n) is 6.39. The number of nitrogens with zero attached hydrogens (tertiary/aromatic N) is 2. The lowest BCUT2D eigenvalue weighted by molar-refractivity contribution is -0.125. The van der Waals surface area contributed by atoms with Gasteiger partial charge in [0.05, 0.1) is 16.9 Å². The summed E-state index contributed by atoms with van der Waals surface area (Å²) in [7, 11) is 0. The average Bonchev–Trinajstić information content (AvgIpc) is 3.26. The number of hydrogen-bond donors (Lipinski definition) is 2. The molecular formula is C24H24N4O3. The molecule has 0 bridgehead atoms. The van der Waals surface area contributed by atoms with Crippen molar-refractivity contribution in [3.05, 3.63) is 65.4 Å². The predicted octanol–water partition coefficient (Wildman–Crippen LogP) is 3.55. The molecule has 1 atom stereocenters. The summed E-state index contributed by atoms with van der Waals surface area (Å²) in [4.78, 5) is 46.2. The van der Waals surface area contributed by atoms with Crippen molar-refractivity contribution in [1.29, 1.82) is 0 Å². The first-order valence-corrected chi connectivity index (χ1v) is 10.6. The second-order valence-electron chi connectivity index (χ2n) is 8.19. The molecule has 1 aromatic heterocycles. The van der Waals surface area contributed by atoms with Gasteiger partial charge in [0.2, 0.25) is 0 Å². The number of amides is 4. The highest BCUT2D eigenvalue weighted by Gasteiger charge is 2.59. The highest BCUT2D eigenvalue weighted by Crippen LogP contribution is 2.45.